The molecule has 104 valence electrons. The highest BCUT2D eigenvalue weighted by molar-refractivity contribution is 5.69. The topological polar surface area (TPSA) is 26.3 Å². The van der Waals surface area contributed by atoms with Crippen molar-refractivity contribution in [3.05, 3.63) is 65.2 Å². The summed E-state index contributed by atoms with van der Waals surface area (Å²) in [6.07, 6.45) is 1.73. The number of rotatable bonds is 5. The maximum absolute atomic E-state index is 11.6. The molecule has 2 rings (SSSR count). The van der Waals surface area contributed by atoms with Gasteiger partial charge in [0, 0.05) is 0 Å². The molecule has 20 heavy (non-hydrogen) atoms. The van der Waals surface area contributed by atoms with Crippen molar-refractivity contribution >= 4 is 6.29 Å². The molecule has 1 unspecified atom stereocenters. The highest BCUT2D eigenvalue weighted by Gasteiger charge is 2.26. The second kappa shape index (κ2) is 5.91. The second-order valence-electron chi connectivity index (χ2n) is 5.43. The van der Waals surface area contributed by atoms with Gasteiger partial charge < -0.3 is 9.53 Å². The maximum Gasteiger partial charge on any atom is 0.130 e. The van der Waals surface area contributed by atoms with Crippen LogP contribution in [0.25, 0.3) is 0 Å². The molecule has 0 bridgehead atoms. The Morgan fingerprint density at radius 2 is 1.65 bits per heavy atom. The number of aryl methyl sites for hydroxylation is 1. The fourth-order valence-corrected chi connectivity index (χ4v) is 2.31. The molecule has 0 amide bonds. The van der Waals surface area contributed by atoms with E-state index in [4.69, 9.17) is 4.74 Å². The quantitative estimate of drug-likeness (QED) is 0.773. The molecule has 2 aromatic rings. The van der Waals surface area contributed by atoms with Gasteiger partial charge in [-0.3, -0.25) is 0 Å². The first kappa shape index (κ1) is 14.3. The number of methoxy groups -OCH3 is 1. The maximum atomic E-state index is 11.6. The molecule has 0 spiro atoms. The van der Waals surface area contributed by atoms with Crippen molar-refractivity contribution in [3.8, 4) is 5.75 Å². The Labute approximate surface area is 120 Å². The van der Waals surface area contributed by atoms with Crippen LogP contribution in [0.2, 0.25) is 0 Å². The van der Waals surface area contributed by atoms with Crippen LogP contribution in [0, 0.1) is 6.92 Å². The van der Waals surface area contributed by atoms with E-state index in [-0.39, 0.29) is 0 Å². The standard InChI is InChI=1S/C18H20O2/c1-14-4-6-15(7-5-14)12-18(2,13-19)16-8-10-17(20-3)11-9-16/h4-11,13H,12H2,1-3H3. The highest BCUT2D eigenvalue weighted by atomic mass is 16.5. The van der Waals surface area contributed by atoms with Gasteiger partial charge in [0.05, 0.1) is 12.5 Å². The molecule has 0 aliphatic heterocycles. The van der Waals surface area contributed by atoms with Crippen LogP contribution in [0.15, 0.2) is 48.5 Å². The van der Waals surface area contributed by atoms with E-state index in [0.717, 1.165) is 17.6 Å². The molecular weight excluding hydrogens is 248 g/mol. The fraction of sp³-hybridized carbons (Fsp3) is 0.278. The smallest absolute Gasteiger partial charge is 0.130 e. The summed E-state index contributed by atoms with van der Waals surface area (Å²) in [5.41, 5.74) is 2.89. The number of ether oxygens (including phenoxy) is 1. The van der Waals surface area contributed by atoms with Gasteiger partial charge in [-0.15, -0.1) is 0 Å². The van der Waals surface area contributed by atoms with E-state index < -0.39 is 5.41 Å². The summed E-state index contributed by atoms with van der Waals surface area (Å²) < 4.78 is 5.16. The van der Waals surface area contributed by atoms with Crippen LogP contribution in [0.3, 0.4) is 0 Å². The lowest BCUT2D eigenvalue weighted by molar-refractivity contribution is -0.112. The monoisotopic (exact) mass is 268 g/mol. The minimum Gasteiger partial charge on any atom is -0.497 e. The van der Waals surface area contributed by atoms with Crippen molar-refractivity contribution < 1.29 is 9.53 Å². The van der Waals surface area contributed by atoms with Gasteiger partial charge in [-0.05, 0) is 43.5 Å². The molecule has 0 N–H and O–H groups in total. The molecule has 2 heteroatoms. The lowest BCUT2D eigenvalue weighted by Gasteiger charge is -2.24. The molecule has 0 aliphatic rings. The summed E-state index contributed by atoms with van der Waals surface area (Å²) in [5.74, 6) is 0.803. The Morgan fingerprint density at radius 3 is 2.15 bits per heavy atom. The predicted octanol–water partition coefficient (Wildman–Crippen LogP) is 3.70. The number of hydrogen-bond donors (Lipinski definition) is 0. The zero-order valence-corrected chi connectivity index (χ0v) is 12.2. The number of carbonyl (C=O) groups is 1. The minimum absolute atomic E-state index is 0.512. The zero-order valence-electron chi connectivity index (χ0n) is 12.2. The predicted molar refractivity (Wildman–Crippen MR) is 81.3 cm³/mol. The van der Waals surface area contributed by atoms with Crippen molar-refractivity contribution in [2.75, 3.05) is 7.11 Å². The molecular formula is C18H20O2. The first-order valence-electron chi connectivity index (χ1n) is 6.74. The molecule has 0 saturated carbocycles. The normalized spacial score (nSPS) is 13.6. The Morgan fingerprint density at radius 1 is 1.05 bits per heavy atom. The molecule has 0 aliphatic carbocycles. The molecule has 2 nitrogen and oxygen atoms in total. The van der Waals surface area contributed by atoms with Crippen LogP contribution in [0.1, 0.15) is 23.6 Å². The summed E-state index contributed by atoms with van der Waals surface area (Å²) in [5, 5.41) is 0. The third-order valence-corrected chi connectivity index (χ3v) is 3.70. The highest BCUT2D eigenvalue weighted by Crippen LogP contribution is 2.28. The van der Waals surface area contributed by atoms with E-state index in [1.54, 1.807) is 7.11 Å². The zero-order chi connectivity index (χ0) is 14.6. The lowest BCUT2D eigenvalue weighted by atomic mass is 9.78. The number of aldehydes is 1. The Hall–Kier alpha value is -2.09. The first-order valence-corrected chi connectivity index (χ1v) is 6.74. The number of benzene rings is 2. The number of hydrogen-bond acceptors (Lipinski definition) is 2. The van der Waals surface area contributed by atoms with Crippen molar-refractivity contribution in [1.82, 2.24) is 0 Å². The average molecular weight is 268 g/mol. The third kappa shape index (κ3) is 3.08. The van der Waals surface area contributed by atoms with Gasteiger partial charge in [0.15, 0.2) is 0 Å². The summed E-state index contributed by atoms with van der Waals surface area (Å²) >= 11 is 0. The van der Waals surface area contributed by atoms with Gasteiger partial charge in [0.2, 0.25) is 0 Å². The molecule has 2 aromatic carbocycles. The van der Waals surface area contributed by atoms with Gasteiger partial charge >= 0.3 is 0 Å². The van der Waals surface area contributed by atoms with E-state index in [1.165, 1.54) is 11.1 Å². The van der Waals surface area contributed by atoms with Gasteiger partial charge in [-0.25, -0.2) is 0 Å². The SMILES string of the molecule is COc1ccc(C(C)(C=O)Cc2ccc(C)cc2)cc1. The fourth-order valence-electron chi connectivity index (χ4n) is 2.31. The molecule has 0 fully saturated rings. The molecule has 1 atom stereocenters. The Kier molecular flexibility index (Phi) is 4.23. The third-order valence-electron chi connectivity index (χ3n) is 3.70. The molecule has 0 radical (unpaired) electrons. The van der Waals surface area contributed by atoms with E-state index in [2.05, 4.69) is 31.2 Å². The summed E-state index contributed by atoms with van der Waals surface area (Å²) in [6, 6.07) is 16.0. The van der Waals surface area contributed by atoms with Crippen LogP contribution in [0.4, 0.5) is 0 Å². The second-order valence-corrected chi connectivity index (χ2v) is 5.43. The largest absolute Gasteiger partial charge is 0.497 e. The van der Waals surface area contributed by atoms with Crippen molar-refractivity contribution in [3.63, 3.8) is 0 Å². The van der Waals surface area contributed by atoms with Crippen molar-refractivity contribution in [1.29, 1.82) is 0 Å². The van der Waals surface area contributed by atoms with E-state index in [1.807, 2.05) is 31.2 Å². The summed E-state index contributed by atoms with van der Waals surface area (Å²) in [6.45, 7) is 4.04. The lowest BCUT2D eigenvalue weighted by Crippen LogP contribution is -2.26. The van der Waals surface area contributed by atoms with Crippen LogP contribution in [-0.4, -0.2) is 13.4 Å². The Bertz CT molecular complexity index is 569. The van der Waals surface area contributed by atoms with Crippen LogP contribution < -0.4 is 4.74 Å². The van der Waals surface area contributed by atoms with Gasteiger partial charge in [-0.1, -0.05) is 42.0 Å². The van der Waals surface area contributed by atoms with Gasteiger partial charge in [0.25, 0.3) is 0 Å². The van der Waals surface area contributed by atoms with Gasteiger partial charge in [-0.2, -0.15) is 0 Å². The summed E-state index contributed by atoms with van der Waals surface area (Å²) in [7, 11) is 1.64. The van der Waals surface area contributed by atoms with Gasteiger partial charge in [0.1, 0.15) is 12.0 Å². The molecule has 0 saturated heterocycles. The molecule has 0 aromatic heterocycles. The minimum atomic E-state index is -0.512. The summed E-state index contributed by atoms with van der Waals surface area (Å²) in [4.78, 5) is 11.6. The molecule has 0 heterocycles. The first-order chi connectivity index (χ1) is 9.57. The van der Waals surface area contributed by atoms with Crippen LogP contribution in [0.5, 0.6) is 5.75 Å². The van der Waals surface area contributed by atoms with Crippen molar-refractivity contribution in [2.24, 2.45) is 0 Å². The number of carbonyl (C=O) groups excluding carboxylic acids is 1. The van der Waals surface area contributed by atoms with Crippen LogP contribution in [-0.2, 0) is 16.6 Å². The van der Waals surface area contributed by atoms with Crippen LogP contribution >= 0.6 is 0 Å². The Balaban J connectivity index is 2.27. The van der Waals surface area contributed by atoms with E-state index in [0.29, 0.717) is 6.42 Å². The van der Waals surface area contributed by atoms with Crippen molar-refractivity contribution in [2.45, 2.75) is 25.7 Å². The van der Waals surface area contributed by atoms with E-state index in [9.17, 15) is 4.79 Å². The average Bonchev–Trinajstić information content (AvgIpc) is 2.49. The van der Waals surface area contributed by atoms with E-state index >= 15 is 0 Å².